The van der Waals surface area contributed by atoms with E-state index in [4.69, 9.17) is 4.42 Å². The molecule has 0 spiro atoms. The van der Waals surface area contributed by atoms with Gasteiger partial charge >= 0.3 is 6.01 Å². The molecule has 0 saturated heterocycles. The second kappa shape index (κ2) is 6.08. The summed E-state index contributed by atoms with van der Waals surface area (Å²) in [6.45, 7) is 4.25. The summed E-state index contributed by atoms with van der Waals surface area (Å²) in [5.41, 5.74) is -1.03. The van der Waals surface area contributed by atoms with Crippen LogP contribution in [0.4, 0.5) is 29.3 Å². The first-order valence-corrected chi connectivity index (χ1v) is 6.10. The SMILES string of the molecule is CCNC(C)c1nnc(Nc2c(F)c(F)cc(F)c2F)o1. The fraction of sp³-hybridized carbons (Fsp3) is 0.333. The van der Waals surface area contributed by atoms with E-state index in [1.54, 1.807) is 6.92 Å². The van der Waals surface area contributed by atoms with Gasteiger partial charge in [0.2, 0.25) is 5.89 Å². The Bertz CT molecular complexity index is 620. The van der Waals surface area contributed by atoms with E-state index in [1.165, 1.54) is 0 Å². The summed E-state index contributed by atoms with van der Waals surface area (Å²) >= 11 is 0. The van der Waals surface area contributed by atoms with Gasteiger partial charge in [-0.1, -0.05) is 12.0 Å². The maximum atomic E-state index is 13.5. The first-order chi connectivity index (χ1) is 9.93. The number of aromatic nitrogens is 2. The Kier molecular flexibility index (Phi) is 4.41. The minimum atomic E-state index is -1.58. The highest BCUT2D eigenvalue weighted by Gasteiger charge is 2.21. The molecule has 1 aromatic carbocycles. The third-order valence-electron chi connectivity index (χ3n) is 2.67. The minimum absolute atomic E-state index is 0.113. The Labute approximate surface area is 117 Å². The molecule has 9 heteroatoms. The van der Waals surface area contributed by atoms with Crippen LogP contribution in [-0.4, -0.2) is 16.7 Å². The topological polar surface area (TPSA) is 63.0 Å². The zero-order valence-corrected chi connectivity index (χ0v) is 11.2. The van der Waals surface area contributed by atoms with Crippen LogP contribution in [0, 0.1) is 23.3 Å². The molecule has 1 atom stereocenters. The van der Waals surface area contributed by atoms with Crippen LogP contribution in [0.5, 0.6) is 0 Å². The lowest BCUT2D eigenvalue weighted by atomic mass is 10.2. The average molecular weight is 304 g/mol. The molecule has 21 heavy (non-hydrogen) atoms. The molecular formula is C12H12F4N4O. The van der Waals surface area contributed by atoms with Crippen molar-refractivity contribution in [1.29, 1.82) is 0 Å². The molecule has 2 N–H and O–H groups in total. The number of nitrogens with zero attached hydrogens (tertiary/aromatic N) is 2. The zero-order chi connectivity index (χ0) is 15.6. The van der Waals surface area contributed by atoms with Gasteiger partial charge in [-0.05, 0) is 13.5 Å². The van der Waals surface area contributed by atoms with E-state index in [9.17, 15) is 17.6 Å². The van der Waals surface area contributed by atoms with E-state index >= 15 is 0 Å². The minimum Gasteiger partial charge on any atom is -0.406 e. The summed E-state index contributed by atoms with van der Waals surface area (Å²) in [7, 11) is 0. The monoisotopic (exact) mass is 304 g/mol. The van der Waals surface area contributed by atoms with Gasteiger partial charge in [0.1, 0.15) is 5.69 Å². The molecule has 1 heterocycles. The molecule has 0 amide bonds. The highest BCUT2D eigenvalue weighted by Crippen LogP contribution is 2.27. The molecule has 0 radical (unpaired) electrons. The van der Waals surface area contributed by atoms with E-state index in [0.717, 1.165) is 0 Å². The van der Waals surface area contributed by atoms with Gasteiger partial charge in [0, 0.05) is 6.07 Å². The molecule has 0 aliphatic rings. The zero-order valence-electron chi connectivity index (χ0n) is 11.2. The van der Waals surface area contributed by atoms with Crippen LogP contribution >= 0.6 is 0 Å². The number of halogens is 4. The number of hydrogen-bond acceptors (Lipinski definition) is 5. The van der Waals surface area contributed by atoms with Crippen LogP contribution in [-0.2, 0) is 0 Å². The lowest BCUT2D eigenvalue weighted by Gasteiger charge is -2.07. The van der Waals surface area contributed by atoms with Gasteiger partial charge in [0.25, 0.3) is 0 Å². The predicted octanol–water partition coefficient (Wildman–Crippen LogP) is 3.04. The van der Waals surface area contributed by atoms with Crippen molar-refractivity contribution in [1.82, 2.24) is 15.5 Å². The van der Waals surface area contributed by atoms with Gasteiger partial charge < -0.3 is 15.1 Å². The van der Waals surface area contributed by atoms with E-state index in [1.807, 2.05) is 12.2 Å². The van der Waals surface area contributed by atoms with Crippen LogP contribution in [0.2, 0.25) is 0 Å². The molecule has 0 fully saturated rings. The fourth-order valence-electron chi connectivity index (χ4n) is 1.64. The Morgan fingerprint density at radius 2 is 1.76 bits per heavy atom. The number of hydrogen-bond donors (Lipinski definition) is 2. The van der Waals surface area contributed by atoms with Gasteiger partial charge in [-0.15, -0.1) is 5.10 Å². The van der Waals surface area contributed by atoms with Crippen molar-refractivity contribution in [3.8, 4) is 0 Å². The normalized spacial score (nSPS) is 12.5. The molecule has 1 aromatic heterocycles. The molecular weight excluding hydrogens is 292 g/mol. The Balaban J connectivity index is 2.27. The van der Waals surface area contributed by atoms with E-state index in [0.29, 0.717) is 6.54 Å². The summed E-state index contributed by atoms with van der Waals surface area (Å²) in [4.78, 5) is 0. The number of anilines is 2. The van der Waals surface area contributed by atoms with Crippen molar-refractivity contribution in [3.05, 3.63) is 35.2 Å². The molecule has 0 aliphatic carbocycles. The van der Waals surface area contributed by atoms with Crippen molar-refractivity contribution in [2.75, 3.05) is 11.9 Å². The third-order valence-corrected chi connectivity index (χ3v) is 2.67. The van der Waals surface area contributed by atoms with Gasteiger partial charge in [-0.3, -0.25) is 0 Å². The Hall–Kier alpha value is -2.16. The van der Waals surface area contributed by atoms with Crippen LogP contribution in [0.1, 0.15) is 25.8 Å². The van der Waals surface area contributed by atoms with E-state index < -0.39 is 29.0 Å². The lowest BCUT2D eigenvalue weighted by Crippen LogP contribution is -2.17. The number of benzene rings is 1. The van der Waals surface area contributed by atoms with E-state index in [-0.39, 0.29) is 24.0 Å². The number of nitrogens with one attached hydrogen (secondary N) is 2. The van der Waals surface area contributed by atoms with E-state index in [2.05, 4.69) is 15.5 Å². The Morgan fingerprint density at radius 1 is 1.14 bits per heavy atom. The lowest BCUT2D eigenvalue weighted by molar-refractivity contribution is 0.428. The molecule has 2 aromatic rings. The molecule has 114 valence electrons. The quantitative estimate of drug-likeness (QED) is 0.656. The maximum Gasteiger partial charge on any atom is 0.320 e. The third kappa shape index (κ3) is 3.13. The highest BCUT2D eigenvalue weighted by molar-refractivity contribution is 5.54. The van der Waals surface area contributed by atoms with Crippen LogP contribution < -0.4 is 10.6 Å². The first-order valence-electron chi connectivity index (χ1n) is 6.10. The molecule has 0 bridgehead atoms. The van der Waals surface area contributed by atoms with Crippen LogP contribution in [0.3, 0.4) is 0 Å². The summed E-state index contributed by atoms with van der Waals surface area (Å²) in [5.74, 6) is -6.05. The van der Waals surface area contributed by atoms with Gasteiger partial charge in [-0.25, -0.2) is 17.6 Å². The summed E-state index contributed by atoms with van der Waals surface area (Å²) in [5, 5.41) is 12.2. The molecule has 1 unspecified atom stereocenters. The highest BCUT2D eigenvalue weighted by atomic mass is 19.2. The molecule has 0 aliphatic heterocycles. The smallest absolute Gasteiger partial charge is 0.320 e. The molecule has 2 rings (SSSR count). The maximum absolute atomic E-state index is 13.5. The van der Waals surface area contributed by atoms with Crippen molar-refractivity contribution in [2.45, 2.75) is 19.9 Å². The predicted molar refractivity (Wildman–Crippen MR) is 65.9 cm³/mol. The molecule has 0 saturated carbocycles. The van der Waals surface area contributed by atoms with Crippen molar-refractivity contribution >= 4 is 11.7 Å². The van der Waals surface area contributed by atoms with Crippen molar-refractivity contribution in [2.24, 2.45) is 0 Å². The average Bonchev–Trinajstić information content (AvgIpc) is 2.90. The summed E-state index contributed by atoms with van der Waals surface area (Å²) in [6.07, 6.45) is 0. The van der Waals surface area contributed by atoms with Crippen molar-refractivity contribution in [3.63, 3.8) is 0 Å². The van der Waals surface area contributed by atoms with Gasteiger partial charge in [-0.2, -0.15) is 0 Å². The van der Waals surface area contributed by atoms with Crippen LogP contribution in [0.15, 0.2) is 10.5 Å². The number of rotatable bonds is 5. The second-order valence-corrected chi connectivity index (χ2v) is 4.19. The molecule has 5 nitrogen and oxygen atoms in total. The van der Waals surface area contributed by atoms with Gasteiger partial charge in [0.15, 0.2) is 23.3 Å². The second-order valence-electron chi connectivity index (χ2n) is 4.19. The standard InChI is InChI=1S/C12H12F4N4O/c1-3-17-5(2)11-19-20-12(21-11)18-10-8(15)6(13)4-7(14)9(10)16/h4-5,17H,3H2,1-2H3,(H,18,20). The fourth-order valence-corrected chi connectivity index (χ4v) is 1.64. The van der Waals surface area contributed by atoms with Gasteiger partial charge in [0.05, 0.1) is 6.04 Å². The first kappa shape index (κ1) is 15.2. The summed E-state index contributed by atoms with van der Waals surface area (Å²) < 4.78 is 58.2. The largest absolute Gasteiger partial charge is 0.406 e. The van der Waals surface area contributed by atoms with Crippen LogP contribution in [0.25, 0.3) is 0 Å². The van der Waals surface area contributed by atoms with Crippen molar-refractivity contribution < 1.29 is 22.0 Å². The summed E-state index contributed by atoms with van der Waals surface area (Å²) in [6, 6.07) is -0.544. The Morgan fingerprint density at radius 3 is 2.33 bits per heavy atom.